The molecule has 3 saturated heterocycles. The summed E-state index contributed by atoms with van der Waals surface area (Å²) in [5.74, 6) is 1.38. The van der Waals surface area contributed by atoms with Crippen LogP contribution in [0.4, 0.5) is 5.95 Å². The number of aryl methyl sites for hydroxylation is 3. The van der Waals surface area contributed by atoms with Crippen molar-refractivity contribution in [3.8, 4) is 0 Å². The van der Waals surface area contributed by atoms with E-state index in [0.29, 0.717) is 25.0 Å². The second kappa shape index (κ2) is 6.83. The Morgan fingerprint density at radius 1 is 1.24 bits per heavy atom. The van der Waals surface area contributed by atoms with Crippen LogP contribution in [0.2, 0.25) is 0 Å². The number of aromatic nitrogens is 4. The Balaban J connectivity index is 1.30. The van der Waals surface area contributed by atoms with E-state index in [9.17, 15) is 4.79 Å². The van der Waals surface area contributed by atoms with Gasteiger partial charge in [0.2, 0.25) is 11.8 Å². The molecule has 0 N–H and O–H groups in total. The molecule has 5 heterocycles. The summed E-state index contributed by atoms with van der Waals surface area (Å²) in [6.45, 7) is 8.23. The van der Waals surface area contributed by atoms with E-state index in [4.69, 9.17) is 9.26 Å². The molecule has 9 nitrogen and oxygen atoms in total. The van der Waals surface area contributed by atoms with Crippen molar-refractivity contribution in [3.05, 3.63) is 23.3 Å². The third-order valence-corrected chi connectivity index (χ3v) is 6.56. The van der Waals surface area contributed by atoms with Gasteiger partial charge in [0.25, 0.3) is 5.95 Å². The minimum atomic E-state index is -0.242. The number of hydrogen-bond acceptors (Lipinski definition) is 7. The average molecular weight is 400 g/mol. The number of carbonyl (C=O) groups excluding carboxylic acids is 1. The molecule has 2 bridgehead atoms. The van der Waals surface area contributed by atoms with E-state index < -0.39 is 0 Å². The molecule has 9 heteroatoms. The molecule has 156 valence electrons. The van der Waals surface area contributed by atoms with Crippen LogP contribution in [0.25, 0.3) is 0 Å². The topological polar surface area (TPSA) is 89.5 Å². The van der Waals surface area contributed by atoms with E-state index in [0.717, 1.165) is 50.2 Å². The zero-order valence-electron chi connectivity index (χ0n) is 17.3. The lowest BCUT2D eigenvalue weighted by atomic mass is 9.84. The van der Waals surface area contributed by atoms with E-state index in [1.54, 1.807) is 6.92 Å². The van der Waals surface area contributed by atoms with Crippen molar-refractivity contribution in [2.45, 2.75) is 70.7 Å². The van der Waals surface area contributed by atoms with E-state index in [1.807, 2.05) is 24.6 Å². The molecule has 3 aliphatic heterocycles. The standard InChI is InChI=1S/C20H28N6O3/c1-13-8-14(2)25(22-13)11-18(27)26-16-4-5-17(26)10-20(9-16)12-24(6-7-28-20)19-21-15(3)29-23-19/h8,16-17H,4-7,9-12H2,1-3H3/t16-,17+,20?. The first kappa shape index (κ1) is 18.6. The van der Waals surface area contributed by atoms with Gasteiger partial charge in [-0.05, 0) is 50.8 Å². The van der Waals surface area contributed by atoms with Crippen LogP contribution in [-0.4, -0.2) is 68.1 Å². The van der Waals surface area contributed by atoms with E-state index in [2.05, 4.69) is 25.0 Å². The lowest BCUT2D eigenvalue weighted by Crippen LogP contribution is -2.61. The maximum absolute atomic E-state index is 13.1. The molecule has 0 aliphatic carbocycles. The Morgan fingerprint density at radius 3 is 2.62 bits per heavy atom. The fraction of sp³-hybridized carbons (Fsp3) is 0.700. The number of amides is 1. The van der Waals surface area contributed by atoms with Crippen molar-refractivity contribution in [1.82, 2.24) is 24.8 Å². The van der Waals surface area contributed by atoms with Crippen LogP contribution in [0.1, 0.15) is 43.0 Å². The van der Waals surface area contributed by atoms with Gasteiger partial charge < -0.3 is 19.1 Å². The predicted molar refractivity (Wildman–Crippen MR) is 105 cm³/mol. The molecule has 0 radical (unpaired) electrons. The molecule has 3 fully saturated rings. The Labute approximate surface area is 170 Å². The highest BCUT2D eigenvalue weighted by atomic mass is 16.5. The maximum Gasteiger partial charge on any atom is 0.266 e. The minimum absolute atomic E-state index is 0.167. The first-order valence-electron chi connectivity index (χ1n) is 10.4. The summed E-state index contributed by atoms with van der Waals surface area (Å²) in [5.41, 5.74) is 1.73. The number of hydrogen-bond donors (Lipinski definition) is 0. The first-order valence-corrected chi connectivity index (χ1v) is 10.4. The van der Waals surface area contributed by atoms with Gasteiger partial charge in [-0.1, -0.05) is 0 Å². The van der Waals surface area contributed by atoms with Gasteiger partial charge in [-0.2, -0.15) is 10.1 Å². The van der Waals surface area contributed by atoms with Gasteiger partial charge in [0, 0.05) is 31.2 Å². The van der Waals surface area contributed by atoms with Gasteiger partial charge >= 0.3 is 0 Å². The summed E-state index contributed by atoms with van der Waals surface area (Å²) in [6, 6.07) is 2.47. The molecule has 5 rings (SSSR count). The summed E-state index contributed by atoms with van der Waals surface area (Å²) in [4.78, 5) is 21.8. The monoisotopic (exact) mass is 400 g/mol. The van der Waals surface area contributed by atoms with Gasteiger partial charge in [0.05, 0.1) is 24.4 Å². The summed E-state index contributed by atoms with van der Waals surface area (Å²) in [5, 5.41) is 8.54. The van der Waals surface area contributed by atoms with Crippen LogP contribution in [0.3, 0.4) is 0 Å². The van der Waals surface area contributed by atoms with Crippen molar-refractivity contribution < 1.29 is 14.1 Å². The van der Waals surface area contributed by atoms with E-state index >= 15 is 0 Å². The molecular formula is C20H28N6O3. The number of nitrogens with zero attached hydrogens (tertiary/aromatic N) is 6. The van der Waals surface area contributed by atoms with Crippen molar-refractivity contribution in [3.63, 3.8) is 0 Å². The fourth-order valence-electron chi connectivity index (χ4n) is 5.44. The van der Waals surface area contributed by atoms with Gasteiger partial charge in [-0.3, -0.25) is 9.48 Å². The predicted octanol–water partition coefficient (Wildman–Crippen LogP) is 1.62. The molecule has 2 aromatic heterocycles. The summed E-state index contributed by atoms with van der Waals surface area (Å²) < 4.78 is 13.3. The average Bonchev–Trinajstić information content (AvgIpc) is 3.32. The zero-order chi connectivity index (χ0) is 20.2. The highest BCUT2D eigenvalue weighted by Gasteiger charge is 2.52. The fourth-order valence-corrected chi connectivity index (χ4v) is 5.44. The number of piperidine rings is 1. The highest BCUT2D eigenvalue weighted by molar-refractivity contribution is 5.77. The van der Waals surface area contributed by atoms with Crippen molar-refractivity contribution >= 4 is 11.9 Å². The van der Waals surface area contributed by atoms with Crippen LogP contribution >= 0.6 is 0 Å². The first-order chi connectivity index (χ1) is 13.9. The number of rotatable bonds is 3. The largest absolute Gasteiger partial charge is 0.371 e. The number of ether oxygens (including phenoxy) is 1. The van der Waals surface area contributed by atoms with Crippen molar-refractivity contribution in [2.24, 2.45) is 0 Å². The summed E-state index contributed by atoms with van der Waals surface area (Å²) >= 11 is 0. The zero-order valence-corrected chi connectivity index (χ0v) is 17.3. The van der Waals surface area contributed by atoms with Crippen LogP contribution in [-0.2, 0) is 16.1 Å². The Morgan fingerprint density at radius 2 is 2.00 bits per heavy atom. The Hall–Kier alpha value is -2.42. The maximum atomic E-state index is 13.1. The minimum Gasteiger partial charge on any atom is -0.371 e. The number of morpholine rings is 1. The second-order valence-electron chi connectivity index (χ2n) is 8.75. The summed E-state index contributed by atoms with van der Waals surface area (Å²) in [7, 11) is 0. The van der Waals surface area contributed by atoms with Crippen LogP contribution in [0, 0.1) is 20.8 Å². The SMILES string of the molecule is Cc1cc(C)n(CC(=O)N2[C@@H]3CC[C@H]2CC2(C3)CN(c3noc(C)n3)CCO2)n1. The molecule has 29 heavy (non-hydrogen) atoms. The van der Waals surface area contributed by atoms with Crippen molar-refractivity contribution in [2.75, 3.05) is 24.6 Å². The molecular weight excluding hydrogens is 372 g/mol. The van der Waals surface area contributed by atoms with Gasteiger partial charge in [0.1, 0.15) is 6.54 Å². The van der Waals surface area contributed by atoms with E-state index in [1.165, 1.54) is 0 Å². The van der Waals surface area contributed by atoms with Crippen LogP contribution in [0.5, 0.6) is 0 Å². The number of fused-ring (bicyclic) bond motifs is 2. The van der Waals surface area contributed by atoms with Crippen LogP contribution < -0.4 is 4.90 Å². The molecule has 2 aromatic rings. The lowest BCUT2D eigenvalue weighted by Gasteiger charge is -2.50. The number of carbonyl (C=O) groups is 1. The smallest absolute Gasteiger partial charge is 0.266 e. The molecule has 0 saturated carbocycles. The summed E-state index contributed by atoms with van der Waals surface area (Å²) in [6.07, 6.45) is 3.80. The second-order valence-corrected chi connectivity index (χ2v) is 8.75. The van der Waals surface area contributed by atoms with Gasteiger partial charge in [-0.15, -0.1) is 0 Å². The quantitative estimate of drug-likeness (QED) is 0.773. The highest BCUT2D eigenvalue weighted by Crippen LogP contribution is 2.44. The van der Waals surface area contributed by atoms with E-state index in [-0.39, 0.29) is 23.6 Å². The number of anilines is 1. The molecule has 1 spiro atoms. The molecule has 3 aliphatic rings. The molecule has 1 unspecified atom stereocenters. The lowest BCUT2D eigenvalue weighted by molar-refractivity contribution is -0.148. The molecule has 3 atom stereocenters. The van der Waals surface area contributed by atoms with Gasteiger partial charge in [0.15, 0.2) is 0 Å². The van der Waals surface area contributed by atoms with Gasteiger partial charge in [-0.25, -0.2) is 0 Å². The van der Waals surface area contributed by atoms with Crippen molar-refractivity contribution in [1.29, 1.82) is 0 Å². The molecule has 0 aromatic carbocycles. The third-order valence-electron chi connectivity index (χ3n) is 6.56. The van der Waals surface area contributed by atoms with Crippen LogP contribution in [0.15, 0.2) is 10.6 Å². The normalized spacial score (nSPS) is 29.1. The Kier molecular flexibility index (Phi) is 4.38. The third kappa shape index (κ3) is 3.31. The Bertz CT molecular complexity index is 907. The molecule has 1 amide bonds.